The first-order valence-corrected chi connectivity index (χ1v) is 10.6. The van der Waals surface area contributed by atoms with E-state index >= 15 is 0 Å². The van der Waals surface area contributed by atoms with Gasteiger partial charge >= 0.3 is 5.97 Å². The number of ether oxygens (including phenoxy) is 3. The molecule has 1 amide bonds. The smallest absolute Gasteiger partial charge is 0.303 e. The lowest BCUT2D eigenvalue weighted by Crippen LogP contribution is -2.46. The molecular formula is C24H28ClN3O5. The highest BCUT2D eigenvalue weighted by atomic mass is 35.5. The number of aliphatic imine (C=N–C) groups is 1. The summed E-state index contributed by atoms with van der Waals surface area (Å²) >= 11 is 0. The molecule has 0 fully saturated rings. The van der Waals surface area contributed by atoms with Crippen molar-refractivity contribution in [3.8, 4) is 11.5 Å². The minimum Gasteiger partial charge on any atom is -0.497 e. The molecule has 0 unspecified atom stereocenters. The number of rotatable bonds is 6. The zero-order valence-electron chi connectivity index (χ0n) is 18.9. The van der Waals surface area contributed by atoms with E-state index in [1.165, 1.54) is 6.92 Å². The molecule has 1 N–H and O–H groups in total. The van der Waals surface area contributed by atoms with Crippen LogP contribution >= 0.6 is 12.4 Å². The highest BCUT2D eigenvalue weighted by molar-refractivity contribution is 6.04. The average molecular weight is 474 g/mol. The second kappa shape index (κ2) is 10.6. The normalized spacial score (nSPS) is 19.4. The minimum absolute atomic E-state index is 0. The first-order valence-electron chi connectivity index (χ1n) is 10.6. The summed E-state index contributed by atoms with van der Waals surface area (Å²) in [5.41, 5.74) is 2.59. The molecule has 9 heteroatoms. The Morgan fingerprint density at radius 3 is 2.42 bits per heavy atom. The molecule has 8 nitrogen and oxygen atoms in total. The van der Waals surface area contributed by atoms with E-state index in [-0.39, 0.29) is 30.8 Å². The van der Waals surface area contributed by atoms with E-state index < -0.39 is 12.1 Å². The molecule has 0 spiro atoms. The van der Waals surface area contributed by atoms with E-state index in [4.69, 9.17) is 14.2 Å². The molecule has 0 saturated heterocycles. The Bertz CT molecular complexity index is 1040. The number of amidine groups is 1. The molecule has 2 aromatic rings. The minimum atomic E-state index is -0.971. The zero-order chi connectivity index (χ0) is 22.7. The van der Waals surface area contributed by atoms with E-state index in [1.54, 1.807) is 19.1 Å². The molecule has 33 heavy (non-hydrogen) atoms. The van der Waals surface area contributed by atoms with E-state index in [0.717, 1.165) is 29.2 Å². The molecule has 2 aromatic carbocycles. The van der Waals surface area contributed by atoms with Crippen molar-refractivity contribution in [1.29, 1.82) is 0 Å². The van der Waals surface area contributed by atoms with Crippen LogP contribution in [0.5, 0.6) is 11.5 Å². The van der Waals surface area contributed by atoms with Crippen molar-refractivity contribution in [1.82, 2.24) is 5.32 Å². The van der Waals surface area contributed by atoms with Gasteiger partial charge in [-0.15, -0.1) is 12.4 Å². The van der Waals surface area contributed by atoms with Crippen molar-refractivity contribution >= 4 is 35.8 Å². The third-order valence-corrected chi connectivity index (χ3v) is 5.78. The van der Waals surface area contributed by atoms with Crippen LogP contribution in [0.15, 0.2) is 47.5 Å². The predicted octanol–water partition coefficient (Wildman–Crippen LogP) is 2.73. The summed E-state index contributed by atoms with van der Waals surface area (Å²) in [4.78, 5) is 31.9. The molecule has 0 saturated carbocycles. The van der Waals surface area contributed by atoms with Crippen LogP contribution in [0.25, 0.3) is 0 Å². The molecule has 0 aliphatic carbocycles. The SMILES string of the molecule is COc1ccc([C@@H]2Cc3cc(OC)ccc3N(CC3=NCCN3)C(=O)[C@@H]2OC(C)=O)cc1.Cl. The van der Waals surface area contributed by atoms with Crippen molar-refractivity contribution in [2.45, 2.75) is 25.4 Å². The van der Waals surface area contributed by atoms with Gasteiger partial charge in [-0.2, -0.15) is 0 Å². The van der Waals surface area contributed by atoms with E-state index in [9.17, 15) is 9.59 Å². The number of hydrogen-bond acceptors (Lipinski definition) is 7. The van der Waals surface area contributed by atoms with Gasteiger partial charge in [0.2, 0.25) is 0 Å². The maximum Gasteiger partial charge on any atom is 0.303 e. The van der Waals surface area contributed by atoms with Gasteiger partial charge in [0.25, 0.3) is 5.91 Å². The third-order valence-electron chi connectivity index (χ3n) is 5.78. The van der Waals surface area contributed by atoms with Crippen molar-refractivity contribution in [3.05, 3.63) is 53.6 Å². The Morgan fingerprint density at radius 1 is 1.12 bits per heavy atom. The maximum atomic E-state index is 13.8. The molecule has 0 bridgehead atoms. The average Bonchev–Trinajstić information content (AvgIpc) is 3.29. The molecule has 2 heterocycles. The van der Waals surface area contributed by atoms with Crippen LogP contribution in [0.1, 0.15) is 24.0 Å². The van der Waals surface area contributed by atoms with E-state index in [1.807, 2.05) is 42.5 Å². The number of esters is 1. The summed E-state index contributed by atoms with van der Waals surface area (Å²) in [6.07, 6.45) is -0.472. The first-order chi connectivity index (χ1) is 15.5. The molecule has 0 aromatic heterocycles. The van der Waals surface area contributed by atoms with Crippen LogP contribution in [0.2, 0.25) is 0 Å². The fraction of sp³-hybridized carbons (Fsp3) is 0.375. The van der Waals surface area contributed by atoms with Gasteiger partial charge in [0, 0.05) is 25.1 Å². The van der Waals surface area contributed by atoms with Crippen LogP contribution in [0.4, 0.5) is 5.69 Å². The standard InChI is InChI=1S/C24H27N3O5.ClH/c1-15(28)32-23-20(16-4-6-18(30-2)7-5-16)13-17-12-19(31-3)8-9-21(17)27(24(23)29)14-22-25-10-11-26-22;/h4-9,12,20,23H,10-11,13-14H2,1-3H3,(H,25,26);1H/t20-,23+;/m0./s1. The Balaban J connectivity index is 0.00000306. The lowest BCUT2D eigenvalue weighted by atomic mass is 9.87. The van der Waals surface area contributed by atoms with Crippen molar-refractivity contribution in [2.24, 2.45) is 4.99 Å². The van der Waals surface area contributed by atoms with Crippen LogP contribution in [-0.2, 0) is 20.7 Å². The Labute approximate surface area is 199 Å². The van der Waals surface area contributed by atoms with Gasteiger partial charge < -0.3 is 24.4 Å². The molecule has 2 aliphatic heterocycles. The van der Waals surface area contributed by atoms with Crippen LogP contribution < -0.4 is 19.7 Å². The second-order valence-corrected chi connectivity index (χ2v) is 7.79. The van der Waals surface area contributed by atoms with Gasteiger partial charge in [-0.05, 0) is 47.9 Å². The van der Waals surface area contributed by atoms with Crippen molar-refractivity contribution < 1.29 is 23.8 Å². The van der Waals surface area contributed by atoms with Crippen LogP contribution in [0, 0.1) is 0 Å². The number of fused-ring (bicyclic) bond motifs is 1. The van der Waals surface area contributed by atoms with Gasteiger partial charge in [0.15, 0.2) is 6.10 Å². The molecule has 4 rings (SSSR count). The predicted molar refractivity (Wildman–Crippen MR) is 128 cm³/mol. The first kappa shape index (κ1) is 24.4. The number of amides is 1. The maximum absolute atomic E-state index is 13.8. The summed E-state index contributed by atoms with van der Waals surface area (Å²) in [5, 5.41) is 3.22. The number of carbonyl (C=O) groups excluding carboxylic acids is 2. The molecule has 176 valence electrons. The number of nitrogens with zero attached hydrogens (tertiary/aromatic N) is 2. The number of benzene rings is 2. The van der Waals surface area contributed by atoms with Gasteiger partial charge in [-0.1, -0.05) is 12.1 Å². The van der Waals surface area contributed by atoms with E-state index in [0.29, 0.717) is 24.5 Å². The van der Waals surface area contributed by atoms with Gasteiger partial charge in [0.1, 0.15) is 17.3 Å². The van der Waals surface area contributed by atoms with Crippen molar-refractivity contribution in [3.63, 3.8) is 0 Å². The Kier molecular flexibility index (Phi) is 7.81. The summed E-state index contributed by atoms with van der Waals surface area (Å²) in [6, 6.07) is 13.2. The molecular weight excluding hydrogens is 446 g/mol. The fourth-order valence-corrected chi connectivity index (χ4v) is 4.22. The lowest BCUT2D eigenvalue weighted by molar-refractivity contribution is -0.154. The van der Waals surface area contributed by atoms with Crippen LogP contribution in [-0.4, -0.2) is 57.7 Å². The lowest BCUT2D eigenvalue weighted by Gasteiger charge is -2.28. The largest absolute Gasteiger partial charge is 0.497 e. The third kappa shape index (κ3) is 5.22. The van der Waals surface area contributed by atoms with E-state index in [2.05, 4.69) is 10.3 Å². The molecule has 2 aliphatic rings. The number of anilines is 1. The highest BCUT2D eigenvalue weighted by Crippen LogP contribution is 2.38. The number of halogens is 1. The quantitative estimate of drug-likeness (QED) is 0.649. The fourth-order valence-electron chi connectivity index (χ4n) is 4.22. The van der Waals surface area contributed by atoms with Gasteiger partial charge in [0.05, 0.1) is 27.3 Å². The number of carbonyl (C=O) groups is 2. The summed E-state index contributed by atoms with van der Waals surface area (Å²) < 4.78 is 16.3. The molecule has 0 radical (unpaired) electrons. The van der Waals surface area contributed by atoms with Gasteiger partial charge in [-0.25, -0.2) is 0 Å². The Hall–Kier alpha value is -3.26. The van der Waals surface area contributed by atoms with Crippen molar-refractivity contribution in [2.75, 3.05) is 38.8 Å². The number of methoxy groups -OCH3 is 2. The highest BCUT2D eigenvalue weighted by Gasteiger charge is 2.40. The second-order valence-electron chi connectivity index (χ2n) is 7.79. The summed E-state index contributed by atoms with van der Waals surface area (Å²) in [6.45, 7) is 3.03. The van der Waals surface area contributed by atoms with Crippen LogP contribution in [0.3, 0.4) is 0 Å². The Morgan fingerprint density at radius 2 is 1.82 bits per heavy atom. The zero-order valence-corrected chi connectivity index (χ0v) is 19.7. The van der Waals surface area contributed by atoms with Gasteiger partial charge in [-0.3, -0.25) is 14.6 Å². The number of nitrogens with one attached hydrogen (secondary N) is 1. The molecule has 2 atom stereocenters. The summed E-state index contributed by atoms with van der Waals surface area (Å²) in [7, 11) is 3.22. The number of hydrogen-bond donors (Lipinski definition) is 1. The monoisotopic (exact) mass is 473 g/mol. The summed E-state index contributed by atoms with van der Waals surface area (Å²) in [5.74, 6) is 1.01. The topological polar surface area (TPSA) is 89.5 Å².